The van der Waals surface area contributed by atoms with E-state index in [1.54, 1.807) is 14.2 Å². The van der Waals surface area contributed by atoms with E-state index in [4.69, 9.17) is 14.2 Å². The Bertz CT molecular complexity index is 572. The molecule has 1 fully saturated rings. The largest absolute Gasteiger partial charge is 0.496 e. The third-order valence-corrected chi connectivity index (χ3v) is 6.38. The minimum Gasteiger partial charge on any atom is -0.496 e. The minimum absolute atomic E-state index is 0.233. The SMILES string of the molecule is COc1ccc(OC)c2c1[C@H]1CC[C@H](C1I)[C@@H]2OC(C)=O. The standard InChI is InChI=1S/C16H19IO4/c1-8(18)21-16-10-5-4-9(15(10)17)13-11(19-2)6-7-12(20-3)14(13)16/h6-7,9-10,15-16H,4-5H2,1-3H3/t9-,10-,15?,16+/m1/s1. The second-order valence-electron chi connectivity index (χ2n) is 5.62. The number of hydrogen-bond acceptors (Lipinski definition) is 4. The molecule has 2 aliphatic rings. The summed E-state index contributed by atoms with van der Waals surface area (Å²) in [6.07, 6.45) is 1.94. The summed E-state index contributed by atoms with van der Waals surface area (Å²) in [5, 5.41) is 0. The molecule has 0 amide bonds. The van der Waals surface area contributed by atoms with Gasteiger partial charge in [0, 0.05) is 33.8 Å². The van der Waals surface area contributed by atoms with Crippen LogP contribution in [0.2, 0.25) is 0 Å². The molecule has 0 N–H and O–H groups in total. The Morgan fingerprint density at radius 1 is 1.14 bits per heavy atom. The Labute approximate surface area is 138 Å². The van der Waals surface area contributed by atoms with Crippen molar-refractivity contribution in [3.05, 3.63) is 23.3 Å². The zero-order valence-electron chi connectivity index (χ0n) is 12.4. The van der Waals surface area contributed by atoms with Crippen molar-refractivity contribution in [3.63, 3.8) is 0 Å². The Kier molecular flexibility index (Phi) is 4.03. The van der Waals surface area contributed by atoms with Crippen LogP contribution in [0.25, 0.3) is 0 Å². The zero-order valence-corrected chi connectivity index (χ0v) is 14.5. The number of carbonyl (C=O) groups excluding carboxylic acids is 1. The van der Waals surface area contributed by atoms with Gasteiger partial charge in [-0.3, -0.25) is 4.79 Å². The van der Waals surface area contributed by atoms with Crippen LogP contribution >= 0.6 is 22.6 Å². The third kappa shape index (κ3) is 2.29. The molecule has 1 saturated carbocycles. The van der Waals surface area contributed by atoms with Crippen molar-refractivity contribution >= 4 is 28.6 Å². The fourth-order valence-corrected chi connectivity index (χ4v) is 5.23. The molecule has 0 radical (unpaired) electrons. The molecule has 0 aliphatic heterocycles. The van der Waals surface area contributed by atoms with Crippen molar-refractivity contribution in [1.29, 1.82) is 0 Å². The topological polar surface area (TPSA) is 44.8 Å². The van der Waals surface area contributed by atoms with Crippen LogP contribution in [-0.4, -0.2) is 24.1 Å². The number of ether oxygens (including phenoxy) is 3. The molecule has 0 heterocycles. The Morgan fingerprint density at radius 3 is 2.33 bits per heavy atom. The summed E-state index contributed by atoms with van der Waals surface area (Å²) in [6.45, 7) is 1.47. The summed E-state index contributed by atoms with van der Waals surface area (Å²) in [7, 11) is 3.34. The van der Waals surface area contributed by atoms with Crippen LogP contribution in [0.1, 0.15) is 42.9 Å². The summed E-state index contributed by atoms with van der Waals surface area (Å²) in [5.41, 5.74) is 2.17. The third-order valence-electron chi connectivity index (χ3n) is 4.59. The monoisotopic (exact) mass is 402 g/mol. The molecular weight excluding hydrogens is 383 g/mol. The molecule has 1 unspecified atom stereocenters. The first-order valence-electron chi connectivity index (χ1n) is 7.14. The van der Waals surface area contributed by atoms with Crippen molar-refractivity contribution in [3.8, 4) is 11.5 Å². The Morgan fingerprint density at radius 2 is 1.76 bits per heavy atom. The molecule has 4 nitrogen and oxygen atoms in total. The number of esters is 1. The van der Waals surface area contributed by atoms with Gasteiger partial charge < -0.3 is 14.2 Å². The highest BCUT2D eigenvalue weighted by Crippen LogP contribution is 2.59. The lowest BCUT2D eigenvalue weighted by molar-refractivity contribution is -0.149. The van der Waals surface area contributed by atoms with Crippen molar-refractivity contribution in [2.45, 2.75) is 35.7 Å². The van der Waals surface area contributed by atoms with Crippen LogP contribution in [0.3, 0.4) is 0 Å². The van der Waals surface area contributed by atoms with Crippen molar-refractivity contribution in [2.75, 3.05) is 14.2 Å². The van der Waals surface area contributed by atoms with Crippen LogP contribution < -0.4 is 9.47 Å². The van der Waals surface area contributed by atoms with Crippen LogP contribution in [0.5, 0.6) is 11.5 Å². The van der Waals surface area contributed by atoms with Gasteiger partial charge in [0.1, 0.15) is 17.6 Å². The Balaban J connectivity index is 2.21. The second kappa shape index (κ2) is 5.66. The van der Waals surface area contributed by atoms with Gasteiger partial charge in [0.2, 0.25) is 0 Å². The van der Waals surface area contributed by atoms with Gasteiger partial charge >= 0.3 is 5.97 Å². The second-order valence-corrected chi connectivity index (χ2v) is 7.06. The highest BCUT2D eigenvalue weighted by Gasteiger charge is 2.50. The summed E-state index contributed by atoms with van der Waals surface area (Å²) in [6, 6.07) is 3.85. The molecule has 3 rings (SSSR count). The molecule has 2 bridgehead atoms. The number of carbonyl (C=O) groups is 1. The van der Waals surface area contributed by atoms with E-state index in [0.717, 1.165) is 35.5 Å². The van der Waals surface area contributed by atoms with E-state index in [9.17, 15) is 4.79 Å². The molecule has 2 aliphatic carbocycles. The number of methoxy groups -OCH3 is 2. The van der Waals surface area contributed by atoms with Crippen molar-refractivity contribution in [1.82, 2.24) is 0 Å². The molecule has 114 valence electrons. The van der Waals surface area contributed by atoms with E-state index < -0.39 is 0 Å². The summed E-state index contributed by atoms with van der Waals surface area (Å²) >= 11 is 2.50. The van der Waals surface area contributed by atoms with Crippen molar-refractivity contribution < 1.29 is 19.0 Å². The maximum atomic E-state index is 11.6. The van der Waals surface area contributed by atoms with Gasteiger partial charge in [0.05, 0.1) is 14.2 Å². The van der Waals surface area contributed by atoms with Gasteiger partial charge in [-0.1, -0.05) is 22.6 Å². The number of hydrogen-bond donors (Lipinski definition) is 0. The maximum absolute atomic E-state index is 11.6. The van der Waals surface area contributed by atoms with E-state index in [1.807, 2.05) is 12.1 Å². The van der Waals surface area contributed by atoms with Gasteiger partial charge in [0.25, 0.3) is 0 Å². The number of rotatable bonds is 3. The number of halogens is 1. The van der Waals surface area contributed by atoms with E-state index in [1.165, 1.54) is 6.92 Å². The number of alkyl halides is 1. The molecule has 21 heavy (non-hydrogen) atoms. The van der Waals surface area contributed by atoms with Gasteiger partial charge in [-0.2, -0.15) is 0 Å². The molecule has 1 aromatic rings. The number of fused-ring (bicyclic) bond motifs is 4. The molecule has 5 heteroatoms. The van der Waals surface area contributed by atoms with E-state index in [-0.39, 0.29) is 12.1 Å². The van der Waals surface area contributed by atoms with Gasteiger partial charge in [-0.25, -0.2) is 0 Å². The van der Waals surface area contributed by atoms with Gasteiger partial charge in [-0.15, -0.1) is 0 Å². The molecule has 0 saturated heterocycles. The van der Waals surface area contributed by atoms with Crippen LogP contribution in [0, 0.1) is 5.92 Å². The first-order chi connectivity index (χ1) is 10.1. The summed E-state index contributed by atoms with van der Waals surface area (Å²) in [5.74, 6) is 2.22. The average Bonchev–Trinajstić information content (AvgIpc) is 2.75. The minimum atomic E-state index is -0.246. The first-order valence-corrected chi connectivity index (χ1v) is 8.39. The van der Waals surface area contributed by atoms with Crippen LogP contribution in [0.15, 0.2) is 12.1 Å². The lowest BCUT2D eigenvalue weighted by Gasteiger charge is -2.36. The molecule has 0 spiro atoms. The molecule has 1 aromatic carbocycles. The molecule has 4 atom stereocenters. The van der Waals surface area contributed by atoms with E-state index in [0.29, 0.717) is 15.8 Å². The first kappa shape index (κ1) is 14.9. The highest BCUT2D eigenvalue weighted by molar-refractivity contribution is 14.1. The van der Waals surface area contributed by atoms with Crippen LogP contribution in [-0.2, 0) is 9.53 Å². The van der Waals surface area contributed by atoms with E-state index >= 15 is 0 Å². The van der Waals surface area contributed by atoms with Gasteiger partial charge in [0.15, 0.2) is 0 Å². The number of benzene rings is 1. The van der Waals surface area contributed by atoms with Crippen LogP contribution in [0.4, 0.5) is 0 Å². The predicted octanol–water partition coefficient (Wildman–Crippen LogP) is 3.62. The van der Waals surface area contributed by atoms with E-state index in [2.05, 4.69) is 22.6 Å². The Hall–Kier alpha value is -0.980. The fraction of sp³-hybridized carbons (Fsp3) is 0.562. The highest BCUT2D eigenvalue weighted by atomic mass is 127. The predicted molar refractivity (Wildman–Crippen MR) is 87.3 cm³/mol. The normalized spacial score (nSPS) is 29.7. The maximum Gasteiger partial charge on any atom is 0.303 e. The lowest BCUT2D eigenvalue weighted by Crippen LogP contribution is -2.30. The zero-order chi connectivity index (χ0) is 15.1. The van der Waals surface area contributed by atoms with Gasteiger partial charge in [-0.05, 0) is 25.0 Å². The summed E-state index contributed by atoms with van der Waals surface area (Å²) < 4.78 is 17.2. The molecular formula is C16H19IO4. The summed E-state index contributed by atoms with van der Waals surface area (Å²) in [4.78, 5) is 11.6. The molecule has 0 aromatic heterocycles. The smallest absolute Gasteiger partial charge is 0.303 e. The van der Waals surface area contributed by atoms with Crippen molar-refractivity contribution in [2.24, 2.45) is 5.92 Å². The average molecular weight is 402 g/mol. The fourth-order valence-electron chi connectivity index (χ4n) is 3.78. The quantitative estimate of drug-likeness (QED) is 0.440. The lowest BCUT2D eigenvalue weighted by atomic mass is 9.79.